The van der Waals surface area contributed by atoms with Gasteiger partial charge in [-0.25, -0.2) is 4.79 Å². The summed E-state index contributed by atoms with van der Waals surface area (Å²) < 4.78 is 13.9. The van der Waals surface area contributed by atoms with Crippen LogP contribution in [0.4, 0.5) is 0 Å². The summed E-state index contributed by atoms with van der Waals surface area (Å²) in [6.45, 7) is 1.69. The van der Waals surface area contributed by atoms with Gasteiger partial charge in [-0.1, -0.05) is 48.5 Å². The van der Waals surface area contributed by atoms with Crippen LogP contribution in [0.1, 0.15) is 24.1 Å². The van der Waals surface area contributed by atoms with Gasteiger partial charge in [-0.3, -0.25) is 10.3 Å². The molecule has 5 rings (SSSR count). The van der Waals surface area contributed by atoms with Gasteiger partial charge in [0.25, 0.3) is 0 Å². The van der Waals surface area contributed by atoms with E-state index in [9.17, 15) is 9.90 Å². The SMILES string of the molecule is CC(O)C(N)On1c(=O)n(C(Cc2ccccc2)c2ccc3c(c2)OCO3)c2ccccc21. The maximum Gasteiger partial charge on any atom is 0.362 e. The number of rotatable bonds is 7. The predicted molar refractivity (Wildman–Crippen MR) is 123 cm³/mol. The average molecular weight is 447 g/mol. The van der Waals surface area contributed by atoms with Gasteiger partial charge in [0, 0.05) is 0 Å². The van der Waals surface area contributed by atoms with Crippen LogP contribution in [0, 0.1) is 0 Å². The molecule has 0 saturated heterocycles. The molecule has 8 nitrogen and oxygen atoms in total. The highest BCUT2D eigenvalue weighted by atomic mass is 16.7. The molecule has 3 aromatic carbocycles. The zero-order chi connectivity index (χ0) is 22.9. The van der Waals surface area contributed by atoms with E-state index in [1.165, 1.54) is 6.92 Å². The number of hydrogen-bond acceptors (Lipinski definition) is 6. The lowest BCUT2D eigenvalue weighted by Gasteiger charge is -2.20. The van der Waals surface area contributed by atoms with Gasteiger partial charge in [0.1, 0.15) is 11.6 Å². The second kappa shape index (κ2) is 8.65. The first-order valence-corrected chi connectivity index (χ1v) is 10.8. The summed E-state index contributed by atoms with van der Waals surface area (Å²) in [5.41, 5.74) is 8.77. The summed E-state index contributed by atoms with van der Waals surface area (Å²) in [6.07, 6.45) is -1.44. The third kappa shape index (κ3) is 3.94. The number of nitrogens with zero attached hydrogens (tertiary/aromatic N) is 2. The molecule has 3 N–H and O–H groups in total. The number of imidazole rings is 1. The maximum atomic E-state index is 13.7. The van der Waals surface area contributed by atoms with E-state index in [4.69, 9.17) is 20.0 Å². The average Bonchev–Trinajstić information content (AvgIpc) is 3.40. The number of benzene rings is 3. The first-order valence-electron chi connectivity index (χ1n) is 10.8. The van der Waals surface area contributed by atoms with Crippen molar-refractivity contribution in [3.8, 4) is 11.5 Å². The number of aliphatic hydroxyl groups excluding tert-OH is 1. The quantitative estimate of drug-likeness (QED) is 0.422. The molecule has 0 spiro atoms. The minimum absolute atomic E-state index is 0.173. The molecule has 0 saturated carbocycles. The van der Waals surface area contributed by atoms with E-state index in [0.29, 0.717) is 29.0 Å². The number of aromatic nitrogens is 2. The van der Waals surface area contributed by atoms with Crippen LogP contribution >= 0.6 is 0 Å². The summed E-state index contributed by atoms with van der Waals surface area (Å²) >= 11 is 0. The molecule has 4 aromatic rings. The van der Waals surface area contributed by atoms with Crippen molar-refractivity contribution in [1.82, 2.24) is 9.30 Å². The lowest BCUT2D eigenvalue weighted by molar-refractivity contribution is -0.0332. The van der Waals surface area contributed by atoms with Crippen LogP contribution in [-0.2, 0) is 6.42 Å². The topological polar surface area (TPSA) is 101 Å². The maximum absolute atomic E-state index is 13.7. The molecule has 1 aliphatic rings. The van der Waals surface area contributed by atoms with Gasteiger partial charge >= 0.3 is 5.69 Å². The Morgan fingerprint density at radius 2 is 1.70 bits per heavy atom. The van der Waals surface area contributed by atoms with Crippen molar-refractivity contribution >= 4 is 11.0 Å². The fraction of sp³-hybridized carbons (Fsp3) is 0.240. The second-order valence-corrected chi connectivity index (χ2v) is 8.06. The Morgan fingerprint density at radius 1 is 1.00 bits per heavy atom. The number of hydrogen-bond donors (Lipinski definition) is 2. The van der Waals surface area contributed by atoms with E-state index >= 15 is 0 Å². The standard InChI is InChI=1S/C25H25N3O5/c1-16(29)24(26)33-28-20-10-6-5-9-19(20)27(25(28)30)21(13-17-7-3-2-4-8-17)18-11-12-22-23(14-18)32-15-31-22/h2-12,14,16,21,24,29H,13,15,26H2,1H3. The molecule has 0 aliphatic carbocycles. The van der Waals surface area contributed by atoms with Gasteiger partial charge in [0.15, 0.2) is 17.7 Å². The molecular weight excluding hydrogens is 422 g/mol. The molecule has 170 valence electrons. The van der Waals surface area contributed by atoms with Gasteiger partial charge in [-0.2, -0.15) is 0 Å². The summed E-state index contributed by atoms with van der Waals surface area (Å²) in [7, 11) is 0. The van der Waals surface area contributed by atoms with E-state index < -0.39 is 12.3 Å². The molecule has 2 heterocycles. The van der Waals surface area contributed by atoms with Crippen LogP contribution in [-0.4, -0.2) is 33.5 Å². The predicted octanol–water partition coefficient (Wildman–Crippen LogP) is 2.46. The molecule has 3 unspecified atom stereocenters. The summed E-state index contributed by atoms with van der Waals surface area (Å²) in [5, 5.41) is 9.83. The van der Waals surface area contributed by atoms with Crippen molar-refractivity contribution in [1.29, 1.82) is 0 Å². The van der Waals surface area contributed by atoms with Crippen molar-refractivity contribution in [2.24, 2.45) is 5.73 Å². The van der Waals surface area contributed by atoms with Crippen molar-refractivity contribution in [2.75, 3.05) is 6.79 Å². The lowest BCUT2D eigenvalue weighted by atomic mass is 9.98. The molecule has 1 aromatic heterocycles. The zero-order valence-corrected chi connectivity index (χ0v) is 18.1. The molecule has 1 aliphatic heterocycles. The molecule has 8 heteroatoms. The van der Waals surface area contributed by atoms with Crippen LogP contribution in [0.15, 0.2) is 77.6 Å². The minimum Gasteiger partial charge on any atom is -0.454 e. The van der Waals surface area contributed by atoms with Gasteiger partial charge in [0.05, 0.1) is 11.6 Å². The number of aliphatic hydroxyl groups is 1. The van der Waals surface area contributed by atoms with E-state index in [0.717, 1.165) is 15.9 Å². The Balaban J connectivity index is 1.68. The van der Waals surface area contributed by atoms with Gasteiger partial charge in [0.2, 0.25) is 6.79 Å². The number of ether oxygens (including phenoxy) is 2. The smallest absolute Gasteiger partial charge is 0.362 e. The van der Waals surface area contributed by atoms with Crippen molar-refractivity contribution < 1.29 is 19.4 Å². The Kier molecular flexibility index (Phi) is 5.53. The van der Waals surface area contributed by atoms with Gasteiger partial charge in [-0.05, 0) is 48.7 Å². The summed E-state index contributed by atoms with van der Waals surface area (Å²) in [6, 6.07) is 22.7. The fourth-order valence-corrected chi connectivity index (χ4v) is 4.07. The first-order chi connectivity index (χ1) is 16.0. The van der Waals surface area contributed by atoms with E-state index in [1.54, 1.807) is 10.6 Å². The van der Waals surface area contributed by atoms with Crippen molar-refractivity contribution in [3.63, 3.8) is 0 Å². The number of fused-ring (bicyclic) bond motifs is 2. The Morgan fingerprint density at radius 3 is 2.45 bits per heavy atom. The molecular formula is C25H25N3O5. The van der Waals surface area contributed by atoms with Crippen molar-refractivity contribution in [3.05, 3.63) is 94.4 Å². The first kappa shape index (κ1) is 21.1. The molecule has 0 amide bonds. The van der Waals surface area contributed by atoms with E-state index in [1.807, 2.05) is 66.7 Å². The van der Waals surface area contributed by atoms with Crippen molar-refractivity contribution in [2.45, 2.75) is 31.7 Å². The van der Waals surface area contributed by atoms with Gasteiger partial charge in [-0.15, -0.1) is 4.73 Å². The number of para-hydroxylation sites is 2. The molecule has 33 heavy (non-hydrogen) atoms. The van der Waals surface area contributed by atoms with Crippen LogP contribution in [0.3, 0.4) is 0 Å². The normalized spacial score (nSPS) is 15.4. The Labute approximate surface area is 190 Å². The van der Waals surface area contributed by atoms with E-state index in [-0.39, 0.29) is 18.5 Å². The van der Waals surface area contributed by atoms with Crippen LogP contribution in [0.25, 0.3) is 11.0 Å². The molecule has 0 fully saturated rings. The largest absolute Gasteiger partial charge is 0.454 e. The summed E-state index contributed by atoms with van der Waals surface area (Å²) in [4.78, 5) is 19.4. The van der Waals surface area contributed by atoms with Crippen LogP contribution < -0.4 is 25.7 Å². The van der Waals surface area contributed by atoms with E-state index in [2.05, 4.69) is 0 Å². The highest BCUT2D eigenvalue weighted by molar-refractivity contribution is 5.76. The highest BCUT2D eigenvalue weighted by Gasteiger charge is 2.26. The Hall–Kier alpha value is -3.75. The Bertz CT molecular complexity index is 1330. The fourth-order valence-electron chi connectivity index (χ4n) is 4.07. The zero-order valence-electron chi connectivity index (χ0n) is 18.1. The number of nitrogens with two attached hydrogens (primary N) is 1. The minimum atomic E-state index is -1.06. The van der Waals surface area contributed by atoms with Gasteiger partial charge < -0.3 is 19.4 Å². The molecule has 3 atom stereocenters. The second-order valence-electron chi connectivity index (χ2n) is 8.06. The third-order valence-electron chi connectivity index (χ3n) is 5.81. The van der Waals surface area contributed by atoms with Crippen LogP contribution in [0.2, 0.25) is 0 Å². The molecule has 0 bridgehead atoms. The molecule has 0 radical (unpaired) electrons. The third-order valence-corrected chi connectivity index (χ3v) is 5.81. The summed E-state index contributed by atoms with van der Waals surface area (Å²) in [5.74, 6) is 1.33. The highest BCUT2D eigenvalue weighted by Crippen LogP contribution is 2.36. The lowest BCUT2D eigenvalue weighted by Crippen LogP contribution is -2.45. The van der Waals surface area contributed by atoms with Crippen LogP contribution in [0.5, 0.6) is 11.5 Å². The monoisotopic (exact) mass is 447 g/mol.